The summed E-state index contributed by atoms with van der Waals surface area (Å²) >= 11 is 0. The van der Waals surface area contributed by atoms with Crippen molar-refractivity contribution >= 4 is 13.5 Å². The van der Waals surface area contributed by atoms with E-state index in [1.165, 1.54) is 12.1 Å². The van der Waals surface area contributed by atoms with Crippen LogP contribution in [-0.4, -0.2) is 12.2 Å². The third-order valence-electron chi connectivity index (χ3n) is 0.0500. The van der Waals surface area contributed by atoms with Crippen molar-refractivity contribution in [1.82, 2.24) is 0 Å². The number of hydrogen-bond acceptors (Lipinski definition) is 3. The number of hydrogen-bond donors (Lipinski definition) is 1. The molecule has 0 amide bonds. The summed E-state index contributed by atoms with van der Waals surface area (Å²) in [5.41, 5.74) is 0. The minimum atomic E-state index is 0. The van der Waals surface area contributed by atoms with Crippen molar-refractivity contribution in [2.24, 2.45) is 0 Å². The zero-order valence-electron chi connectivity index (χ0n) is 3.84. The molecule has 0 aliphatic rings. The predicted octanol–water partition coefficient (Wildman–Crippen LogP) is -0.245. The molecule has 4 heteroatoms. The van der Waals surface area contributed by atoms with E-state index in [1.807, 2.05) is 0 Å². The molecule has 0 radical (unpaired) electrons. The van der Waals surface area contributed by atoms with Crippen LogP contribution in [0, 0.1) is 22.7 Å². The molecule has 0 aromatic heterocycles. The van der Waals surface area contributed by atoms with E-state index in [9.17, 15) is 0 Å². The number of rotatable bonds is 0. The van der Waals surface area contributed by atoms with Gasteiger partial charge in [-0.25, -0.2) is 0 Å². The molecule has 0 atom stereocenters. The zero-order chi connectivity index (χ0) is 5.41. The van der Waals surface area contributed by atoms with Gasteiger partial charge in [0.2, 0.25) is 0 Å². The maximum atomic E-state index is 7.26. The Morgan fingerprint density at radius 1 is 1.14 bits per heavy atom. The molecule has 0 bridgehead atoms. The first kappa shape index (κ1) is 16.3. The summed E-state index contributed by atoms with van der Waals surface area (Å²) in [5, 5.41) is 21.5. The standard InChI is InChI=1S/C2N2.CH4O.H2S/c3-1-2-4;1-2;/h;2H,1H3;1H2. The van der Waals surface area contributed by atoms with Crippen molar-refractivity contribution in [1.29, 1.82) is 10.5 Å². The Morgan fingerprint density at radius 3 is 1.29 bits per heavy atom. The smallest absolute Gasteiger partial charge is 0.181 e. The average Bonchev–Trinajstić information content (AvgIpc) is 1.72. The van der Waals surface area contributed by atoms with Gasteiger partial charge in [0.25, 0.3) is 0 Å². The third kappa shape index (κ3) is 681. The summed E-state index contributed by atoms with van der Waals surface area (Å²) in [7, 11) is 1.00. The molecular formula is C3H6N2OS. The summed E-state index contributed by atoms with van der Waals surface area (Å²) in [5.74, 6) is 0. The lowest BCUT2D eigenvalue weighted by atomic mass is 10.9. The highest BCUT2D eigenvalue weighted by atomic mass is 32.1. The SMILES string of the molecule is CO.N#CC#N.S. The largest absolute Gasteiger partial charge is 0.400 e. The van der Waals surface area contributed by atoms with Gasteiger partial charge in [0.05, 0.1) is 0 Å². The molecule has 0 saturated carbocycles. The minimum Gasteiger partial charge on any atom is -0.400 e. The van der Waals surface area contributed by atoms with E-state index in [2.05, 4.69) is 0 Å². The highest BCUT2D eigenvalue weighted by Gasteiger charge is 1.39. The summed E-state index contributed by atoms with van der Waals surface area (Å²) in [6.07, 6.45) is 0. The lowest BCUT2D eigenvalue weighted by Gasteiger charge is -1.21. The highest BCUT2D eigenvalue weighted by molar-refractivity contribution is 7.59. The van der Waals surface area contributed by atoms with Crippen LogP contribution < -0.4 is 0 Å². The Hall–Kier alpha value is -0.710. The van der Waals surface area contributed by atoms with Gasteiger partial charge in [-0.2, -0.15) is 24.0 Å². The molecule has 0 fully saturated rings. The van der Waals surface area contributed by atoms with Gasteiger partial charge in [0.15, 0.2) is 12.1 Å². The number of aliphatic hydroxyl groups excluding tert-OH is 1. The van der Waals surface area contributed by atoms with Crippen molar-refractivity contribution < 1.29 is 5.11 Å². The molecule has 0 aliphatic carbocycles. The first-order valence-corrected chi connectivity index (χ1v) is 1.14. The maximum absolute atomic E-state index is 7.26. The Balaban J connectivity index is -0.0000000480. The Bertz CT molecular complexity index is 67.9. The van der Waals surface area contributed by atoms with E-state index in [1.54, 1.807) is 0 Å². The lowest BCUT2D eigenvalue weighted by molar-refractivity contribution is 0.399. The van der Waals surface area contributed by atoms with Gasteiger partial charge in [0, 0.05) is 7.11 Å². The molecule has 0 aliphatic heterocycles. The molecule has 0 unspecified atom stereocenters. The molecule has 0 aromatic rings. The molecular weight excluding hydrogens is 112 g/mol. The quantitative estimate of drug-likeness (QED) is 0.477. The van der Waals surface area contributed by atoms with Crippen LogP contribution >= 0.6 is 13.5 Å². The summed E-state index contributed by atoms with van der Waals surface area (Å²) in [6, 6.07) is 2.47. The molecule has 0 saturated heterocycles. The molecule has 0 aromatic carbocycles. The van der Waals surface area contributed by atoms with Crippen LogP contribution in [0.1, 0.15) is 0 Å². The molecule has 0 heterocycles. The van der Waals surface area contributed by atoms with Gasteiger partial charge in [-0.05, 0) is 0 Å². The molecule has 0 spiro atoms. The monoisotopic (exact) mass is 118 g/mol. The second-order valence-corrected chi connectivity index (χ2v) is 0.224. The second kappa shape index (κ2) is 58.5. The van der Waals surface area contributed by atoms with Crippen LogP contribution in [0.2, 0.25) is 0 Å². The van der Waals surface area contributed by atoms with Crippen molar-refractivity contribution in [3.63, 3.8) is 0 Å². The van der Waals surface area contributed by atoms with Crippen LogP contribution in [0.3, 0.4) is 0 Å². The second-order valence-electron chi connectivity index (χ2n) is 0.224. The van der Waals surface area contributed by atoms with Crippen molar-refractivity contribution in [2.45, 2.75) is 0 Å². The van der Waals surface area contributed by atoms with E-state index >= 15 is 0 Å². The van der Waals surface area contributed by atoms with Gasteiger partial charge in [-0.15, -0.1) is 0 Å². The van der Waals surface area contributed by atoms with E-state index in [0.29, 0.717) is 0 Å². The average molecular weight is 118 g/mol. The van der Waals surface area contributed by atoms with E-state index in [0.717, 1.165) is 7.11 Å². The minimum absolute atomic E-state index is 0. The number of aliphatic hydroxyl groups is 1. The van der Waals surface area contributed by atoms with Crippen LogP contribution in [0.4, 0.5) is 0 Å². The summed E-state index contributed by atoms with van der Waals surface area (Å²) in [4.78, 5) is 0. The summed E-state index contributed by atoms with van der Waals surface area (Å²) in [6.45, 7) is 0. The van der Waals surface area contributed by atoms with Crippen LogP contribution in [0.15, 0.2) is 0 Å². The summed E-state index contributed by atoms with van der Waals surface area (Å²) < 4.78 is 0. The van der Waals surface area contributed by atoms with Gasteiger partial charge >= 0.3 is 0 Å². The normalized spacial score (nSPS) is 2.29. The van der Waals surface area contributed by atoms with Gasteiger partial charge in [-0.1, -0.05) is 0 Å². The number of nitriles is 2. The Morgan fingerprint density at radius 2 is 1.29 bits per heavy atom. The fourth-order valence-electron chi connectivity index (χ4n) is 0. The van der Waals surface area contributed by atoms with Crippen LogP contribution in [0.5, 0.6) is 0 Å². The third-order valence-corrected chi connectivity index (χ3v) is 0.0500. The van der Waals surface area contributed by atoms with E-state index in [4.69, 9.17) is 15.6 Å². The Kier molecular flexibility index (Phi) is 136. The van der Waals surface area contributed by atoms with E-state index in [-0.39, 0.29) is 13.5 Å². The van der Waals surface area contributed by atoms with Gasteiger partial charge in [-0.3, -0.25) is 0 Å². The highest BCUT2D eigenvalue weighted by Crippen LogP contribution is 1.27. The zero-order valence-corrected chi connectivity index (χ0v) is 4.84. The first-order chi connectivity index (χ1) is 2.91. The van der Waals surface area contributed by atoms with Crippen molar-refractivity contribution in [3.8, 4) is 12.1 Å². The van der Waals surface area contributed by atoms with Crippen LogP contribution in [-0.2, 0) is 0 Å². The van der Waals surface area contributed by atoms with Gasteiger partial charge in [0.1, 0.15) is 0 Å². The first-order valence-electron chi connectivity index (χ1n) is 1.14. The molecule has 7 heavy (non-hydrogen) atoms. The van der Waals surface area contributed by atoms with Gasteiger partial charge < -0.3 is 5.11 Å². The maximum Gasteiger partial charge on any atom is 0.181 e. The lowest BCUT2D eigenvalue weighted by Crippen LogP contribution is -1.26. The van der Waals surface area contributed by atoms with Crippen molar-refractivity contribution in [2.75, 3.05) is 7.11 Å². The van der Waals surface area contributed by atoms with Crippen LogP contribution in [0.25, 0.3) is 0 Å². The predicted molar refractivity (Wildman–Crippen MR) is 29.7 cm³/mol. The molecule has 40 valence electrons. The topological polar surface area (TPSA) is 67.8 Å². The molecule has 3 nitrogen and oxygen atoms in total. The van der Waals surface area contributed by atoms with Crippen molar-refractivity contribution in [3.05, 3.63) is 0 Å². The number of nitrogens with zero attached hydrogens (tertiary/aromatic N) is 2. The van der Waals surface area contributed by atoms with E-state index < -0.39 is 0 Å². The fourth-order valence-corrected chi connectivity index (χ4v) is 0. The molecule has 0 rings (SSSR count). The fraction of sp³-hybridized carbons (Fsp3) is 0.333. The molecule has 1 N–H and O–H groups in total. The Labute approximate surface area is 49.2 Å².